The minimum atomic E-state index is -3.09. The van der Waals surface area contributed by atoms with E-state index < -0.39 is 9.84 Å². The number of carbonyl (C=O) groups is 1. The van der Waals surface area contributed by atoms with Crippen LogP contribution in [-0.4, -0.2) is 49.8 Å². The van der Waals surface area contributed by atoms with Crippen molar-refractivity contribution in [2.75, 3.05) is 25.6 Å². The molecule has 0 saturated carbocycles. The van der Waals surface area contributed by atoms with Gasteiger partial charge >= 0.3 is 0 Å². The Morgan fingerprint density at radius 3 is 2.71 bits per heavy atom. The van der Waals surface area contributed by atoms with Crippen molar-refractivity contribution in [2.45, 2.75) is 0 Å². The first-order valence-corrected chi connectivity index (χ1v) is 7.28. The number of aromatic nitrogens is 1. The Bertz CT molecular complexity index is 516. The van der Waals surface area contributed by atoms with Gasteiger partial charge in [-0.1, -0.05) is 11.6 Å². The minimum absolute atomic E-state index is 0.0763. The van der Waals surface area contributed by atoms with E-state index in [1.165, 1.54) is 30.4 Å². The van der Waals surface area contributed by atoms with Gasteiger partial charge in [-0.25, -0.2) is 8.42 Å². The van der Waals surface area contributed by atoms with Crippen molar-refractivity contribution in [2.24, 2.45) is 0 Å². The predicted molar refractivity (Wildman–Crippen MR) is 65.9 cm³/mol. The molecule has 0 radical (unpaired) electrons. The van der Waals surface area contributed by atoms with Crippen LogP contribution in [0.25, 0.3) is 0 Å². The monoisotopic (exact) mass is 276 g/mol. The number of carbonyl (C=O) groups excluding carboxylic acids is 1. The van der Waals surface area contributed by atoms with Crippen LogP contribution in [0, 0.1) is 0 Å². The summed E-state index contributed by atoms with van der Waals surface area (Å²) in [6.07, 6.45) is 3.97. The average molecular weight is 277 g/mol. The number of hydrogen-bond acceptors (Lipinski definition) is 4. The van der Waals surface area contributed by atoms with Crippen molar-refractivity contribution in [3.05, 3.63) is 29.0 Å². The van der Waals surface area contributed by atoms with Crippen molar-refractivity contribution in [3.8, 4) is 0 Å². The number of amides is 1. The Morgan fingerprint density at radius 2 is 2.18 bits per heavy atom. The lowest BCUT2D eigenvalue weighted by Crippen LogP contribution is -2.31. The fourth-order valence-corrected chi connectivity index (χ4v) is 1.94. The fraction of sp³-hybridized carbons (Fsp3) is 0.400. The predicted octanol–water partition coefficient (Wildman–Crippen LogP) is 0.852. The highest BCUT2D eigenvalue weighted by Gasteiger charge is 2.16. The molecule has 1 heterocycles. The molecular formula is C10H13ClN2O3S. The third kappa shape index (κ3) is 4.32. The smallest absolute Gasteiger partial charge is 0.256 e. The van der Waals surface area contributed by atoms with E-state index in [4.69, 9.17) is 11.6 Å². The lowest BCUT2D eigenvalue weighted by Gasteiger charge is -2.16. The van der Waals surface area contributed by atoms with Crippen LogP contribution >= 0.6 is 11.6 Å². The van der Waals surface area contributed by atoms with Gasteiger partial charge in [-0.2, -0.15) is 0 Å². The van der Waals surface area contributed by atoms with Gasteiger partial charge in [0.1, 0.15) is 9.84 Å². The van der Waals surface area contributed by atoms with Crippen molar-refractivity contribution < 1.29 is 13.2 Å². The summed E-state index contributed by atoms with van der Waals surface area (Å²) in [7, 11) is -1.56. The summed E-state index contributed by atoms with van der Waals surface area (Å²) in [5.41, 5.74) is 0.269. The molecule has 0 atom stereocenters. The molecular weight excluding hydrogens is 264 g/mol. The third-order valence-corrected chi connectivity index (χ3v) is 3.40. The lowest BCUT2D eigenvalue weighted by atomic mass is 10.2. The first-order chi connectivity index (χ1) is 7.81. The Labute approximate surface area is 105 Å². The fourth-order valence-electron chi connectivity index (χ4n) is 1.14. The number of nitrogens with zero attached hydrogens (tertiary/aromatic N) is 2. The first-order valence-electron chi connectivity index (χ1n) is 4.84. The van der Waals surface area contributed by atoms with Crippen molar-refractivity contribution in [1.29, 1.82) is 0 Å². The number of hydrogen-bond donors (Lipinski definition) is 0. The van der Waals surface area contributed by atoms with Crippen LogP contribution in [0.15, 0.2) is 18.5 Å². The van der Waals surface area contributed by atoms with E-state index in [-0.39, 0.29) is 23.8 Å². The molecule has 0 fully saturated rings. The van der Waals surface area contributed by atoms with Crippen molar-refractivity contribution >= 4 is 27.3 Å². The topological polar surface area (TPSA) is 67.3 Å². The average Bonchev–Trinajstić information content (AvgIpc) is 2.24. The van der Waals surface area contributed by atoms with Crippen LogP contribution in [0.4, 0.5) is 0 Å². The van der Waals surface area contributed by atoms with Crippen LogP contribution in [0.3, 0.4) is 0 Å². The van der Waals surface area contributed by atoms with Crippen molar-refractivity contribution in [3.63, 3.8) is 0 Å². The zero-order valence-corrected chi connectivity index (χ0v) is 11.1. The van der Waals surface area contributed by atoms with E-state index in [1.54, 1.807) is 0 Å². The van der Waals surface area contributed by atoms with Gasteiger partial charge in [0.2, 0.25) is 0 Å². The Morgan fingerprint density at radius 1 is 1.53 bits per heavy atom. The highest BCUT2D eigenvalue weighted by Crippen LogP contribution is 2.15. The molecule has 0 aliphatic heterocycles. The molecule has 0 saturated heterocycles. The van der Waals surface area contributed by atoms with E-state index in [0.717, 1.165) is 6.26 Å². The molecule has 0 aromatic carbocycles. The summed E-state index contributed by atoms with van der Waals surface area (Å²) >= 11 is 5.85. The van der Waals surface area contributed by atoms with Gasteiger partial charge in [-0.05, 0) is 6.07 Å². The first kappa shape index (κ1) is 13.9. The van der Waals surface area contributed by atoms with E-state index >= 15 is 0 Å². The molecule has 1 aromatic heterocycles. The molecule has 0 unspecified atom stereocenters. The van der Waals surface area contributed by atoms with E-state index in [2.05, 4.69) is 4.98 Å². The summed E-state index contributed by atoms with van der Waals surface area (Å²) in [6.45, 7) is 0.128. The molecule has 94 valence electrons. The van der Waals surface area contributed by atoms with Gasteiger partial charge in [-0.15, -0.1) is 0 Å². The van der Waals surface area contributed by atoms with Gasteiger partial charge in [0.05, 0.1) is 16.3 Å². The Hall–Kier alpha value is -1.14. The second kappa shape index (κ2) is 5.46. The molecule has 17 heavy (non-hydrogen) atoms. The molecule has 7 heteroatoms. The number of halogens is 1. The summed E-state index contributed by atoms with van der Waals surface area (Å²) in [4.78, 5) is 17.0. The zero-order valence-electron chi connectivity index (χ0n) is 9.55. The molecule has 0 bridgehead atoms. The van der Waals surface area contributed by atoms with E-state index in [0.29, 0.717) is 5.02 Å². The standard InChI is InChI=1S/C10H13ClN2O3S/c1-13(5-6-17(2,15)16)10(14)8-7-12-4-3-9(8)11/h3-4,7H,5-6H2,1-2H3. The zero-order chi connectivity index (χ0) is 13.1. The maximum atomic E-state index is 11.9. The highest BCUT2D eigenvalue weighted by molar-refractivity contribution is 7.90. The lowest BCUT2D eigenvalue weighted by molar-refractivity contribution is 0.0803. The molecule has 5 nitrogen and oxygen atoms in total. The number of sulfone groups is 1. The quantitative estimate of drug-likeness (QED) is 0.818. The maximum Gasteiger partial charge on any atom is 0.256 e. The van der Waals surface area contributed by atoms with E-state index in [9.17, 15) is 13.2 Å². The Kier molecular flexibility index (Phi) is 4.47. The number of pyridine rings is 1. The summed E-state index contributed by atoms with van der Waals surface area (Å²) in [5, 5.41) is 0.302. The van der Waals surface area contributed by atoms with Gasteiger partial charge in [0.15, 0.2) is 0 Å². The third-order valence-electron chi connectivity index (χ3n) is 2.14. The molecule has 0 N–H and O–H groups in total. The summed E-state index contributed by atoms with van der Waals surface area (Å²) in [6, 6.07) is 1.51. The van der Waals surface area contributed by atoms with Gasteiger partial charge in [0.25, 0.3) is 5.91 Å². The highest BCUT2D eigenvalue weighted by atomic mass is 35.5. The molecule has 1 rings (SSSR count). The molecule has 0 aliphatic rings. The van der Waals surface area contributed by atoms with Crippen LogP contribution in [0.1, 0.15) is 10.4 Å². The summed E-state index contributed by atoms with van der Waals surface area (Å²) < 4.78 is 22.0. The molecule has 1 aromatic rings. The second-order valence-electron chi connectivity index (χ2n) is 3.71. The van der Waals surface area contributed by atoms with Crippen LogP contribution in [0.5, 0.6) is 0 Å². The second-order valence-corrected chi connectivity index (χ2v) is 6.38. The number of rotatable bonds is 4. The maximum absolute atomic E-state index is 11.9. The van der Waals surface area contributed by atoms with Crippen LogP contribution in [0.2, 0.25) is 5.02 Å². The van der Waals surface area contributed by atoms with Crippen molar-refractivity contribution in [1.82, 2.24) is 9.88 Å². The largest absolute Gasteiger partial charge is 0.341 e. The van der Waals surface area contributed by atoms with Crippen LogP contribution in [-0.2, 0) is 9.84 Å². The molecule has 0 spiro atoms. The molecule has 1 amide bonds. The normalized spacial score (nSPS) is 11.2. The molecule has 0 aliphatic carbocycles. The minimum Gasteiger partial charge on any atom is -0.341 e. The van der Waals surface area contributed by atoms with E-state index in [1.807, 2.05) is 0 Å². The van der Waals surface area contributed by atoms with Gasteiger partial charge in [0, 0.05) is 32.2 Å². The SMILES string of the molecule is CN(CCS(C)(=O)=O)C(=O)c1cnccc1Cl. The van der Waals surface area contributed by atoms with Gasteiger partial charge in [-0.3, -0.25) is 9.78 Å². The summed E-state index contributed by atoms with van der Waals surface area (Å²) in [5.74, 6) is -0.417. The Balaban J connectivity index is 2.74. The van der Waals surface area contributed by atoms with Crippen LogP contribution < -0.4 is 0 Å². The van der Waals surface area contributed by atoms with Gasteiger partial charge < -0.3 is 4.90 Å².